The minimum atomic E-state index is -1.03. The first-order chi connectivity index (χ1) is 20.0. The molecule has 0 radical (unpaired) electrons. The molecular formula is C35H46N4O3. The van der Waals surface area contributed by atoms with Crippen molar-refractivity contribution >= 4 is 17.8 Å². The second kappa shape index (κ2) is 14.0. The zero-order valence-electron chi connectivity index (χ0n) is 25.8. The standard InChI is InChI=1S/C35H46N4O3/c1-25(2)23-39(24-32(40)41)33(42)30-22-36-34(38-19-17-28(18-20-38)21-27-9-7-6-8-10-27)37-31(30)16-13-26-11-14-29(15-12-26)35(3,4)5/h6-12,14-15,22,25,28H,13,16-21,23-24H2,1-5H3,(H,40,41). The molecule has 1 amide bonds. The highest BCUT2D eigenvalue weighted by atomic mass is 16.4. The Hall–Kier alpha value is -3.74. The number of piperidine rings is 1. The summed E-state index contributed by atoms with van der Waals surface area (Å²) in [6.45, 7) is 12.3. The number of hydrogen-bond donors (Lipinski definition) is 1. The summed E-state index contributed by atoms with van der Waals surface area (Å²) in [5, 5.41) is 9.49. The maximum absolute atomic E-state index is 13.7. The molecule has 4 rings (SSSR count). The van der Waals surface area contributed by atoms with Gasteiger partial charge in [-0.15, -0.1) is 0 Å². The Labute approximate surface area is 251 Å². The van der Waals surface area contributed by atoms with E-state index in [1.54, 1.807) is 6.20 Å². The Kier molecular flexibility index (Phi) is 10.4. The van der Waals surface area contributed by atoms with Gasteiger partial charge in [-0.1, -0.05) is 89.2 Å². The number of carbonyl (C=O) groups is 2. The lowest BCUT2D eigenvalue weighted by Gasteiger charge is -2.32. The molecule has 3 aromatic rings. The monoisotopic (exact) mass is 570 g/mol. The van der Waals surface area contributed by atoms with Crippen LogP contribution in [0.2, 0.25) is 0 Å². The predicted molar refractivity (Wildman–Crippen MR) is 168 cm³/mol. The summed E-state index contributed by atoms with van der Waals surface area (Å²) in [4.78, 5) is 38.5. The summed E-state index contributed by atoms with van der Waals surface area (Å²) in [5.74, 6) is 0.0604. The van der Waals surface area contributed by atoms with Gasteiger partial charge in [0.1, 0.15) is 6.54 Å². The predicted octanol–water partition coefficient (Wildman–Crippen LogP) is 6.20. The largest absolute Gasteiger partial charge is 0.480 e. The molecule has 2 heterocycles. The van der Waals surface area contributed by atoms with Crippen molar-refractivity contribution in [2.24, 2.45) is 11.8 Å². The summed E-state index contributed by atoms with van der Waals surface area (Å²) in [7, 11) is 0. The fourth-order valence-corrected chi connectivity index (χ4v) is 5.64. The number of carbonyl (C=O) groups excluding carboxylic acids is 1. The summed E-state index contributed by atoms with van der Waals surface area (Å²) in [6, 6.07) is 19.3. The van der Waals surface area contributed by atoms with Crippen LogP contribution in [-0.4, -0.2) is 58.0 Å². The Balaban J connectivity index is 1.54. The van der Waals surface area contributed by atoms with E-state index in [-0.39, 0.29) is 23.8 Å². The second-order valence-electron chi connectivity index (χ2n) is 13.1. The fraction of sp³-hybridized carbons (Fsp3) is 0.486. The van der Waals surface area contributed by atoms with Gasteiger partial charge < -0.3 is 14.9 Å². The van der Waals surface area contributed by atoms with E-state index in [0.29, 0.717) is 36.1 Å². The number of aromatic nitrogens is 2. The average Bonchev–Trinajstić information content (AvgIpc) is 2.95. The molecule has 1 aliphatic heterocycles. The van der Waals surface area contributed by atoms with Gasteiger partial charge in [0.15, 0.2) is 0 Å². The van der Waals surface area contributed by atoms with Gasteiger partial charge in [-0.05, 0) is 66.0 Å². The molecule has 1 fully saturated rings. The average molecular weight is 571 g/mol. The van der Waals surface area contributed by atoms with Crippen LogP contribution in [0.5, 0.6) is 0 Å². The van der Waals surface area contributed by atoms with E-state index in [0.717, 1.165) is 38.8 Å². The number of anilines is 1. The van der Waals surface area contributed by atoms with Gasteiger partial charge in [-0.3, -0.25) is 9.59 Å². The summed E-state index contributed by atoms with van der Waals surface area (Å²) < 4.78 is 0. The van der Waals surface area contributed by atoms with Crippen molar-refractivity contribution < 1.29 is 14.7 Å². The number of amides is 1. The van der Waals surface area contributed by atoms with Crippen LogP contribution in [0, 0.1) is 11.8 Å². The van der Waals surface area contributed by atoms with Crippen LogP contribution in [0.1, 0.15) is 80.2 Å². The van der Waals surface area contributed by atoms with Crippen LogP contribution in [-0.2, 0) is 29.5 Å². The molecule has 0 spiro atoms. The molecule has 2 aromatic carbocycles. The third-order valence-corrected chi connectivity index (χ3v) is 8.02. The number of aryl methyl sites for hydroxylation is 2. The maximum Gasteiger partial charge on any atom is 0.323 e. The molecule has 1 aliphatic rings. The number of aliphatic carboxylic acids is 1. The molecular weight excluding hydrogens is 524 g/mol. The lowest BCUT2D eigenvalue weighted by atomic mass is 9.86. The van der Waals surface area contributed by atoms with Gasteiger partial charge in [0.05, 0.1) is 11.3 Å². The first-order valence-electron chi connectivity index (χ1n) is 15.2. The highest BCUT2D eigenvalue weighted by molar-refractivity contribution is 5.96. The minimum Gasteiger partial charge on any atom is -0.480 e. The smallest absolute Gasteiger partial charge is 0.323 e. The third kappa shape index (κ3) is 8.63. The minimum absolute atomic E-state index is 0.0816. The number of hydrogen-bond acceptors (Lipinski definition) is 5. The first kappa shape index (κ1) is 31.2. The highest BCUT2D eigenvalue weighted by Gasteiger charge is 2.26. The molecule has 7 heteroatoms. The quantitative estimate of drug-likeness (QED) is 0.295. The zero-order valence-corrected chi connectivity index (χ0v) is 25.8. The summed E-state index contributed by atoms with van der Waals surface area (Å²) in [5.41, 5.74) is 4.98. The van der Waals surface area contributed by atoms with Gasteiger partial charge >= 0.3 is 5.97 Å². The van der Waals surface area contributed by atoms with Crippen molar-refractivity contribution in [2.75, 3.05) is 31.1 Å². The normalized spacial score (nSPS) is 14.3. The van der Waals surface area contributed by atoms with Crippen LogP contribution >= 0.6 is 0 Å². The van der Waals surface area contributed by atoms with Gasteiger partial charge in [0.25, 0.3) is 5.91 Å². The fourth-order valence-electron chi connectivity index (χ4n) is 5.64. The molecule has 7 nitrogen and oxygen atoms in total. The van der Waals surface area contributed by atoms with Crippen LogP contribution in [0.15, 0.2) is 60.8 Å². The van der Waals surface area contributed by atoms with E-state index >= 15 is 0 Å². The number of carboxylic acids is 1. The van der Waals surface area contributed by atoms with Gasteiger partial charge in [0, 0.05) is 25.8 Å². The maximum atomic E-state index is 13.7. The molecule has 0 saturated carbocycles. The van der Waals surface area contributed by atoms with E-state index in [1.165, 1.54) is 21.6 Å². The van der Waals surface area contributed by atoms with Crippen LogP contribution < -0.4 is 4.90 Å². The van der Waals surface area contributed by atoms with E-state index in [4.69, 9.17) is 4.98 Å². The molecule has 1 aromatic heterocycles. The van der Waals surface area contributed by atoms with E-state index in [2.05, 4.69) is 85.3 Å². The third-order valence-electron chi connectivity index (χ3n) is 8.02. The molecule has 224 valence electrons. The number of carboxylic acid groups (broad SMARTS) is 1. The molecule has 0 bridgehead atoms. The summed E-state index contributed by atoms with van der Waals surface area (Å²) >= 11 is 0. The molecule has 42 heavy (non-hydrogen) atoms. The number of nitrogens with zero attached hydrogens (tertiary/aromatic N) is 4. The highest BCUT2D eigenvalue weighted by Crippen LogP contribution is 2.26. The van der Waals surface area contributed by atoms with Crippen molar-refractivity contribution in [3.05, 3.63) is 88.7 Å². The van der Waals surface area contributed by atoms with Gasteiger partial charge in [-0.2, -0.15) is 0 Å². The zero-order chi connectivity index (χ0) is 30.3. The van der Waals surface area contributed by atoms with E-state index in [1.807, 2.05) is 13.8 Å². The van der Waals surface area contributed by atoms with Crippen molar-refractivity contribution in [1.29, 1.82) is 0 Å². The van der Waals surface area contributed by atoms with Crippen molar-refractivity contribution in [3.8, 4) is 0 Å². The van der Waals surface area contributed by atoms with Crippen LogP contribution in [0.25, 0.3) is 0 Å². The van der Waals surface area contributed by atoms with Crippen LogP contribution in [0.3, 0.4) is 0 Å². The van der Waals surface area contributed by atoms with Gasteiger partial charge in [0.2, 0.25) is 5.95 Å². The van der Waals surface area contributed by atoms with Crippen molar-refractivity contribution in [3.63, 3.8) is 0 Å². The molecule has 1 saturated heterocycles. The Morgan fingerprint density at radius 1 is 0.976 bits per heavy atom. The number of rotatable bonds is 11. The van der Waals surface area contributed by atoms with E-state index in [9.17, 15) is 14.7 Å². The van der Waals surface area contributed by atoms with Crippen molar-refractivity contribution in [2.45, 2.75) is 72.1 Å². The first-order valence-corrected chi connectivity index (χ1v) is 15.2. The van der Waals surface area contributed by atoms with E-state index < -0.39 is 5.97 Å². The van der Waals surface area contributed by atoms with Crippen LogP contribution in [0.4, 0.5) is 5.95 Å². The molecule has 0 atom stereocenters. The lowest BCUT2D eigenvalue weighted by molar-refractivity contribution is -0.137. The molecule has 1 N–H and O–H groups in total. The topological polar surface area (TPSA) is 86.6 Å². The summed E-state index contributed by atoms with van der Waals surface area (Å²) in [6.07, 6.45) is 6.12. The Morgan fingerprint density at radius 2 is 1.64 bits per heavy atom. The lowest BCUT2D eigenvalue weighted by Crippen LogP contribution is -2.39. The van der Waals surface area contributed by atoms with Gasteiger partial charge in [-0.25, -0.2) is 9.97 Å². The molecule has 0 unspecified atom stereocenters. The SMILES string of the molecule is CC(C)CN(CC(=O)O)C(=O)c1cnc(N2CCC(Cc3ccccc3)CC2)nc1CCc1ccc(C(C)(C)C)cc1. The Morgan fingerprint density at radius 3 is 2.24 bits per heavy atom. The Bertz CT molecular complexity index is 1320. The van der Waals surface area contributed by atoms with Crippen molar-refractivity contribution in [1.82, 2.24) is 14.9 Å². The molecule has 0 aliphatic carbocycles. The second-order valence-corrected chi connectivity index (χ2v) is 13.1. The number of benzene rings is 2.